The van der Waals surface area contributed by atoms with E-state index in [0.29, 0.717) is 26.7 Å². The van der Waals surface area contributed by atoms with Crippen molar-refractivity contribution in [3.05, 3.63) is 39.5 Å². The van der Waals surface area contributed by atoms with Crippen LogP contribution < -0.4 is 5.73 Å². The first-order valence-corrected chi connectivity index (χ1v) is 6.57. The van der Waals surface area contributed by atoms with Gasteiger partial charge in [-0.2, -0.15) is 0 Å². The Balaban J connectivity index is 2.60. The molecule has 2 rings (SSSR count). The molecule has 0 aliphatic carbocycles. The maximum atomic E-state index is 13.9. The van der Waals surface area contributed by atoms with E-state index in [2.05, 4.69) is 4.74 Å². The zero-order chi connectivity index (χ0) is 14.2. The van der Waals surface area contributed by atoms with Gasteiger partial charge in [0, 0.05) is 15.5 Å². The van der Waals surface area contributed by atoms with Crippen molar-refractivity contribution in [1.29, 1.82) is 0 Å². The van der Waals surface area contributed by atoms with E-state index in [9.17, 15) is 9.18 Å². The summed E-state index contributed by atoms with van der Waals surface area (Å²) >= 11 is 6.83. The molecule has 2 aromatic rings. The number of nitrogen functional groups attached to an aromatic ring is 1. The average Bonchev–Trinajstić information content (AvgIpc) is 2.66. The molecule has 0 bridgehead atoms. The highest BCUT2D eigenvalue weighted by Crippen LogP contribution is 2.39. The molecule has 0 aliphatic heterocycles. The van der Waals surface area contributed by atoms with Crippen molar-refractivity contribution < 1.29 is 13.9 Å². The zero-order valence-corrected chi connectivity index (χ0v) is 11.9. The standard InChI is InChI=1S/C13H11ClFNO2S/c1-6-10(16)12(13(17)18-2)19-11(6)8-4-3-7(14)5-9(8)15/h3-5H,16H2,1-2H3. The molecule has 0 fully saturated rings. The van der Waals surface area contributed by atoms with Crippen molar-refractivity contribution in [3.8, 4) is 10.4 Å². The van der Waals surface area contributed by atoms with E-state index >= 15 is 0 Å². The number of thiophene rings is 1. The van der Waals surface area contributed by atoms with Crippen molar-refractivity contribution in [2.45, 2.75) is 6.92 Å². The first kappa shape index (κ1) is 13.8. The first-order valence-electron chi connectivity index (χ1n) is 5.38. The van der Waals surface area contributed by atoms with Crippen LogP contribution in [-0.2, 0) is 4.74 Å². The lowest BCUT2D eigenvalue weighted by Crippen LogP contribution is -2.01. The van der Waals surface area contributed by atoms with Gasteiger partial charge in [0.1, 0.15) is 10.7 Å². The molecule has 6 heteroatoms. The number of hydrogen-bond donors (Lipinski definition) is 1. The predicted molar refractivity (Wildman–Crippen MR) is 75.2 cm³/mol. The summed E-state index contributed by atoms with van der Waals surface area (Å²) in [6.45, 7) is 1.74. The monoisotopic (exact) mass is 299 g/mol. The van der Waals surface area contributed by atoms with Crippen molar-refractivity contribution in [1.82, 2.24) is 0 Å². The molecular formula is C13H11ClFNO2S. The Labute approximate surface area is 118 Å². The summed E-state index contributed by atoms with van der Waals surface area (Å²) < 4.78 is 18.6. The highest BCUT2D eigenvalue weighted by atomic mass is 35.5. The molecule has 0 atom stereocenters. The van der Waals surface area contributed by atoms with Crippen LogP contribution in [-0.4, -0.2) is 13.1 Å². The van der Waals surface area contributed by atoms with Crippen LogP contribution >= 0.6 is 22.9 Å². The molecule has 19 heavy (non-hydrogen) atoms. The second-order valence-corrected chi connectivity index (χ2v) is 5.37. The van der Waals surface area contributed by atoms with E-state index in [1.807, 2.05) is 0 Å². The molecule has 1 aromatic heterocycles. The van der Waals surface area contributed by atoms with E-state index in [-0.39, 0.29) is 4.88 Å². The fraction of sp³-hybridized carbons (Fsp3) is 0.154. The minimum atomic E-state index is -0.522. The lowest BCUT2D eigenvalue weighted by molar-refractivity contribution is 0.0607. The van der Waals surface area contributed by atoms with E-state index in [0.717, 1.165) is 11.3 Å². The number of halogens is 2. The molecule has 0 aliphatic rings. The van der Waals surface area contributed by atoms with Gasteiger partial charge >= 0.3 is 5.97 Å². The van der Waals surface area contributed by atoms with Gasteiger partial charge < -0.3 is 10.5 Å². The minimum absolute atomic E-state index is 0.282. The van der Waals surface area contributed by atoms with Gasteiger partial charge in [0.25, 0.3) is 0 Å². The highest BCUT2D eigenvalue weighted by molar-refractivity contribution is 7.18. The van der Waals surface area contributed by atoms with Crippen LogP contribution in [0.3, 0.4) is 0 Å². The SMILES string of the molecule is COC(=O)c1sc(-c2ccc(Cl)cc2F)c(C)c1N. The van der Waals surface area contributed by atoms with Gasteiger partial charge in [-0.1, -0.05) is 11.6 Å². The lowest BCUT2D eigenvalue weighted by Gasteiger charge is -2.02. The molecule has 1 heterocycles. The Morgan fingerprint density at radius 1 is 1.47 bits per heavy atom. The van der Waals surface area contributed by atoms with Gasteiger partial charge in [-0.15, -0.1) is 11.3 Å². The van der Waals surface area contributed by atoms with Crippen molar-refractivity contribution in [2.75, 3.05) is 12.8 Å². The second-order valence-electron chi connectivity index (χ2n) is 3.91. The third-order valence-corrected chi connectivity index (χ3v) is 4.30. The normalized spacial score (nSPS) is 10.5. The van der Waals surface area contributed by atoms with Crippen LogP contribution in [0.25, 0.3) is 10.4 Å². The van der Waals surface area contributed by atoms with Gasteiger partial charge in [0.05, 0.1) is 12.8 Å². The summed E-state index contributed by atoms with van der Waals surface area (Å²) in [4.78, 5) is 12.4. The second kappa shape index (κ2) is 5.19. The molecule has 3 nitrogen and oxygen atoms in total. The number of hydrogen-bond acceptors (Lipinski definition) is 4. The number of ether oxygens (including phenoxy) is 1. The largest absolute Gasteiger partial charge is 0.465 e. The van der Waals surface area contributed by atoms with Crippen LogP contribution in [0.2, 0.25) is 5.02 Å². The Morgan fingerprint density at radius 3 is 2.74 bits per heavy atom. The fourth-order valence-corrected chi connectivity index (χ4v) is 3.03. The summed E-state index contributed by atoms with van der Waals surface area (Å²) in [6, 6.07) is 4.38. The quantitative estimate of drug-likeness (QED) is 0.856. The van der Waals surface area contributed by atoms with Crippen LogP contribution in [0, 0.1) is 12.7 Å². The Morgan fingerprint density at radius 2 is 2.16 bits per heavy atom. The maximum Gasteiger partial charge on any atom is 0.350 e. The predicted octanol–water partition coefficient (Wildman–Crippen LogP) is 3.88. The third-order valence-electron chi connectivity index (χ3n) is 2.74. The van der Waals surface area contributed by atoms with Gasteiger partial charge in [-0.3, -0.25) is 0 Å². The van der Waals surface area contributed by atoms with Crippen LogP contribution in [0.15, 0.2) is 18.2 Å². The van der Waals surface area contributed by atoms with Crippen LogP contribution in [0.5, 0.6) is 0 Å². The topological polar surface area (TPSA) is 52.3 Å². The van der Waals surface area contributed by atoms with Gasteiger partial charge in [0.2, 0.25) is 0 Å². The summed E-state index contributed by atoms with van der Waals surface area (Å²) in [7, 11) is 1.28. The van der Waals surface area contributed by atoms with E-state index < -0.39 is 11.8 Å². The molecule has 0 amide bonds. The van der Waals surface area contributed by atoms with Gasteiger partial charge in [-0.05, 0) is 30.7 Å². The number of benzene rings is 1. The number of esters is 1. The fourth-order valence-electron chi connectivity index (χ4n) is 1.70. The molecule has 100 valence electrons. The molecule has 0 saturated heterocycles. The molecular weight excluding hydrogens is 289 g/mol. The Bertz CT molecular complexity index is 654. The third kappa shape index (κ3) is 2.43. The van der Waals surface area contributed by atoms with Crippen LogP contribution in [0.1, 0.15) is 15.2 Å². The summed E-state index contributed by atoms with van der Waals surface area (Å²) in [5.41, 5.74) is 7.21. The van der Waals surface area contributed by atoms with Crippen LogP contribution in [0.4, 0.5) is 10.1 Å². The number of anilines is 1. The molecule has 0 spiro atoms. The molecule has 2 N–H and O–H groups in total. The number of methoxy groups -OCH3 is 1. The number of carbonyl (C=O) groups is 1. The lowest BCUT2D eigenvalue weighted by atomic mass is 10.1. The van der Waals surface area contributed by atoms with E-state index in [4.69, 9.17) is 17.3 Å². The molecule has 0 saturated carbocycles. The molecule has 0 radical (unpaired) electrons. The average molecular weight is 300 g/mol. The van der Waals surface area contributed by atoms with Crippen molar-refractivity contribution >= 4 is 34.6 Å². The minimum Gasteiger partial charge on any atom is -0.465 e. The Hall–Kier alpha value is -1.59. The summed E-state index contributed by atoms with van der Waals surface area (Å²) in [5.74, 6) is -0.973. The number of carbonyl (C=O) groups excluding carboxylic acids is 1. The van der Waals surface area contributed by atoms with Crippen molar-refractivity contribution in [3.63, 3.8) is 0 Å². The van der Waals surface area contributed by atoms with E-state index in [1.54, 1.807) is 19.1 Å². The smallest absolute Gasteiger partial charge is 0.350 e. The molecule has 1 aromatic carbocycles. The number of nitrogens with two attached hydrogens (primary N) is 1. The molecule has 0 unspecified atom stereocenters. The highest BCUT2D eigenvalue weighted by Gasteiger charge is 2.21. The van der Waals surface area contributed by atoms with E-state index in [1.165, 1.54) is 13.2 Å². The first-order chi connectivity index (χ1) is 8.95. The zero-order valence-electron chi connectivity index (χ0n) is 10.3. The van der Waals surface area contributed by atoms with Crippen molar-refractivity contribution in [2.24, 2.45) is 0 Å². The maximum absolute atomic E-state index is 13.9. The summed E-state index contributed by atoms with van der Waals surface area (Å²) in [6.07, 6.45) is 0. The Kier molecular flexibility index (Phi) is 3.78. The van der Waals surface area contributed by atoms with Gasteiger partial charge in [-0.25, -0.2) is 9.18 Å². The van der Waals surface area contributed by atoms with Gasteiger partial charge in [0.15, 0.2) is 0 Å². The number of rotatable bonds is 2. The summed E-state index contributed by atoms with van der Waals surface area (Å²) in [5, 5.41) is 0.316.